The molecule has 0 aliphatic heterocycles. The Bertz CT molecular complexity index is 261. The van der Waals surface area contributed by atoms with E-state index in [1.807, 2.05) is 0 Å². The fourth-order valence-electron chi connectivity index (χ4n) is 2.21. The van der Waals surface area contributed by atoms with Gasteiger partial charge >= 0.3 is 6.03 Å². The summed E-state index contributed by atoms with van der Waals surface area (Å²) in [7, 11) is 0. The van der Waals surface area contributed by atoms with E-state index in [0.717, 1.165) is 18.6 Å². The molecule has 0 aromatic carbocycles. The minimum Gasteiger partial charge on any atom is -0.350 e. The fourth-order valence-corrected chi connectivity index (χ4v) is 2.21. The second kappa shape index (κ2) is 5.14. The van der Waals surface area contributed by atoms with Crippen LogP contribution in [0.2, 0.25) is 0 Å². The van der Waals surface area contributed by atoms with E-state index in [1.165, 1.54) is 6.42 Å². The van der Waals surface area contributed by atoms with Gasteiger partial charge in [-0.1, -0.05) is 20.8 Å². The summed E-state index contributed by atoms with van der Waals surface area (Å²) in [5.41, 5.74) is 8.46. The molecule has 0 radical (unpaired) electrons. The van der Waals surface area contributed by atoms with Crippen LogP contribution in [-0.4, -0.2) is 11.7 Å². The number of hydrogen-bond acceptors (Lipinski definition) is 2. The third-order valence-corrected chi connectivity index (χ3v) is 3.07. The van der Waals surface area contributed by atoms with Crippen LogP contribution in [-0.2, 0) is 0 Å². The maximum Gasteiger partial charge on any atom is 0.332 e. The van der Waals surface area contributed by atoms with Crippen molar-refractivity contribution in [2.24, 2.45) is 28.6 Å². The lowest BCUT2D eigenvalue weighted by molar-refractivity contribution is 0.249. The van der Waals surface area contributed by atoms with Gasteiger partial charge in [-0.15, -0.1) is 0 Å². The first-order valence-electron chi connectivity index (χ1n) is 5.62. The number of urea groups is 1. The summed E-state index contributed by atoms with van der Waals surface area (Å²) in [5.74, 6) is 1.73. The Morgan fingerprint density at radius 3 is 2.73 bits per heavy atom. The lowest BCUT2D eigenvalue weighted by Crippen LogP contribution is -2.32. The molecule has 0 spiro atoms. The van der Waals surface area contributed by atoms with Crippen LogP contribution in [0, 0.1) is 17.8 Å². The fraction of sp³-hybridized carbons (Fsp3) is 0.818. The van der Waals surface area contributed by atoms with Gasteiger partial charge in [-0.2, -0.15) is 5.10 Å². The van der Waals surface area contributed by atoms with Crippen LogP contribution in [0.25, 0.3) is 0 Å². The second-order valence-electron chi connectivity index (χ2n) is 4.82. The van der Waals surface area contributed by atoms with Gasteiger partial charge < -0.3 is 5.73 Å². The Balaban J connectivity index is 2.69. The molecule has 0 aromatic heterocycles. The minimum absolute atomic E-state index is 0.494. The smallest absolute Gasteiger partial charge is 0.332 e. The molecule has 0 bridgehead atoms. The summed E-state index contributed by atoms with van der Waals surface area (Å²) in [6, 6.07) is -0.580. The molecule has 0 aromatic rings. The molecule has 4 nitrogen and oxygen atoms in total. The van der Waals surface area contributed by atoms with Crippen molar-refractivity contribution in [1.29, 1.82) is 0 Å². The Labute approximate surface area is 91.3 Å². The molecular formula is C11H21N3O. The number of carbonyl (C=O) groups is 1. The van der Waals surface area contributed by atoms with E-state index in [4.69, 9.17) is 5.73 Å². The molecule has 1 fully saturated rings. The summed E-state index contributed by atoms with van der Waals surface area (Å²) in [6.07, 6.45) is 3.39. The number of carbonyl (C=O) groups excluding carboxylic acids is 1. The van der Waals surface area contributed by atoms with Crippen LogP contribution in [0.4, 0.5) is 4.79 Å². The molecule has 4 heteroatoms. The first kappa shape index (κ1) is 12.0. The Kier molecular flexibility index (Phi) is 4.12. The number of primary amides is 1. The van der Waals surface area contributed by atoms with E-state index >= 15 is 0 Å². The first-order valence-corrected chi connectivity index (χ1v) is 5.62. The highest BCUT2D eigenvalue weighted by Gasteiger charge is 2.27. The Hall–Kier alpha value is -1.06. The van der Waals surface area contributed by atoms with Crippen LogP contribution in [0.5, 0.6) is 0 Å². The van der Waals surface area contributed by atoms with Crippen LogP contribution < -0.4 is 11.2 Å². The van der Waals surface area contributed by atoms with Crippen LogP contribution >= 0.6 is 0 Å². The molecule has 86 valence electrons. The van der Waals surface area contributed by atoms with Crippen molar-refractivity contribution >= 4 is 11.7 Å². The van der Waals surface area contributed by atoms with Crippen molar-refractivity contribution in [3.05, 3.63) is 0 Å². The second-order valence-corrected chi connectivity index (χ2v) is 4.82. The molecule has 15 heavy (non-hydrogen) atoms. The standard InChI is InChI=1S/C11H21N3O/c1-7(2)9-5-4-8(3)6-10(9)13-14-11(12)15/h7-9H,4-6H2,1-3H3,(H3,12,14,15). The minimum atomic E-state index is -0.580. The predicted octanol–water partition coefficient (Wildman–Crippen LogP) is 2.10. The third-order valence-electron chi connectivity index (χ3n) is 3.07. The van der Waals surface area contributed by atoms with E-state index in [0.29, 0.717) is 17.8 Å². The summed E-state index contributed by atoms with van der Waals surface area (Å²) < 4.78 is 0. The molecule has 2 amide bonds. The van der Waals surface area contributed by atoms with E-state index in [-0.39, 0.29) is 0 Å². The average molecular weight is 211 g/mol. The third kappa shape index (κ3) is 3.53. The molecule has 0 saturated heterocycles. The number of hydrogen-bond donors (Lipinski definition) is 2. The zero-order valence-corrected chi connectivity index (χ0v) is 9.79. The van der Waals surface area contributed by atoms with Gasteiger partial charge in [0, 0.05) is 11.6 Å². The van der Waals surface area contributed by atoms with Gasteiger partial charge in [0.1, 0.15) is 0 Å². The van der Waals surface area contributed by atoms with Gasteiger partial charge in [-0.05, 0) is 31.1 Å². The number of hydrazone groups is 1. The Morgan fingerprint density at radius 1 is 1.53 bits per heavy atom. The van der Waals surface area contributed by atoms with E-state index in [1.54, 1.807) is 0 Å². The first-order chi connectivity index (χ1) is 7.00. The van der Waals surface area contributed by atoms with E-state index in [9.17, 15) is 4.79 Å². The van der Waals surface area contributed by atoms with Crippen LogP contribution in [0.1, 0.15) is 40.0 Å². The van der Waals surface area contributed by atoms with Crippen molar-refractivity contribution in [1.82, 2.24) is 5.43 Å². The average Bonchev–Trinajstić information content (AvgIpc) is 2.14. The number of nitrogens with two attached hydrogens (primary N) is 1. The summed E-state index contributed by atoms with van der Waals surface area (Å²) >= 11 is 0. The molecule has 2 atom stereocenters. The predicted molar refractivity (Wildman–Crippen MR) is 61.5 cm³/mol. The summed E-state index contributed by atoms with van der Waals surface area (Å²) in [5, 5.41) is 4.13. The molecule has 1 aliphatic carbocycles. The topological polar surface area (TPSA) is 67.5 Å². The lowest BCUT2D eigenvalue weighted by atomic mass is 9.76. The number of nitrogens with one attached hydrogen (secondary N) is 1. The van der Waals surface area contributed by atoms with Crippen molar-refractivity contribution in [3.63, 3.8) is 0 Å². The highest BCUT2D eigenvalue weighted by Crippen LogP contribution is 2.30. The summed E-state index contributed by atoms with van der Waals surface area (Å²) in [6.45, 7) is 6.61. The maximum absolute atomic E-state index is 10.6. The van der Waals surface area contributed by atoms with Crippen LogP contribution in [0.15, 0.2) is 5.10 Å². The van der Waals surface area contributed by atoms with E-state index in [2.05, 4.69) is 31.3 Å². The van der Waals surface area contributed by atoms with Crippen molar-refractivity contribution in [2.45, 2.75) is 40.0 Å². The van der Waals surface area contributed by atoms with Gasteiger partial charge in [0.25, 0.3) is 0 Å². The van der Waals surface area contributed by atoms with Crippen molar-refractivity contribution < 1.29 is 4.79 Å². The van der Waals surface area contributed by atoms with Crippen molar-refractivity contribution in [3.8, 4) is 0 Å². The van der Waals surface area contributed by atoms with Crippen LogP contribution in [0.3, 0.4) is 0 Å². The van der Waals surface area contributed by atoms with Gasteiger partial charge in [0.05, 0.1) is 0 Å². The van der Waals surface area contributed by atoms with Crippen molar-refractivity contribution in [2.75, 3.05) is 0 Å². The molecule has 3 N–H and O–H groups in total. The number of amides is 2. The monoisotopic (exact) mass is 211 g/mol. The quantitative estimate of drug-likeness (QED) is 0.675. The Morgan fingerprint density at radius 2 is 2.20 bits per heavy atom. The SMILES string of the molecule is CC1CCC(C(C)C)C(=NNC(N)=O)C1. The lowest BCUT2D eigenvalue weighted by Gasteiger charge is -2.30. The molecular weight excluding hydrogens is 190 g/mol. The van der Waals surface area contributed by atoms with E-state index < -0.39 is 6.03 Å². The molecule has 1 saturated carbocycles. The maximum atomic E-state index is 10.6. The number of rotatable bonds is 2. The number of nitrogens with zero attached hydrogens (tertiary/aromatic N) is 1. The summed E-state index contributed by atoms with van der Waals surface area (Å²) in [4.78, 5) is 10.6. The zero-order chi connectivity index (χ0) is 11.4. The van der Waals surface area contributed by atoms with Gasteiger partial charge in [-0.3, -0.25) is 0 Å². The van der Waals surface area contributed by atoms with Gasteiger partial charge in [0.2, 0.25) is 0 Å². The zero-order valence-electron chi connectivity index (χ0n) is 9.79. The highest BCUT2D eigenvalue weighted by molar-refractivity contribution is 5.88. The molecule has 0 heterocycles. The molecule has 1 aliphatic rings. The van der Waals surface area contributed by atoms with Gasteiger partial charge in [-0.25, -0.2) is 10.2 Å². The highest BCUT2D eigenvalue weighted by atomic mass is 16.2. The van der Waals surface area contributed by atoms with Gasteiger partial charge in [0.15, 0.2) is 0 Å². The largest absolute Gasteiger partial charge is 0.350 e. The molecule has 2 unspecified atom stereocenters. The molecule has 1 rings (SSSR count). The normalized spacial score (nSPS) is 29.5.